The van der Waals surface area contributed by atoms with E-state index in [4.69, 9.17) is 35.5 Å². The van der Waals surface area contributed by atoms with Crippen LogP contribution in [-0.4, -0.2) is 31.6 Å². The maximum absolute atomic E-state index is 11.5. The Labute approximate surface area is 177 Å². The normalized spacial score (nSPS) is 10.8. The molecule has 1 aromatic heterocycles. The topological polar surface area (TPSA) is 66.9 Å². The Morgan fingerprint density at radius 3 is 2.55 bits per heavy atom. The van der Waals surface area contributed by atoms with Gasteiger partial charge in [-0.3, -0.25) is 4.98 Å². The van der Waals surface area contributed by atoms with Gasteiger partial charge >= 0.3 is 6.16 Å². The second-order valence-electron chi connectivity index (χ2n) is 6.76. The molecule has 0 N–H and O–H groups in total. The van der Waals surface area contributed by atoms with Crippen molar-refractivity contribution in [2.24, 2.45) is 0 Å². The summed E-state index contributed by atoms with van der Waals surface area (Å²) in [6.45, 7) is 5.87. The number of benzene rings is 1. The average Bonchev–Trinajstić information content (AvgIpc) is 2.69. The highest BCUT2D eigenvalue weighted by Gasteiger charge is 2.17. The summed E-state index contributed by atoms with van der Waals surface area (Å²) in [5.41, 5.74) is 2.59. The third kappa shape index (κ3) is 6.39. The molecular formula is C22H30ClNO5. The van der Waals surface area contributed by atoms with Gasteiger partial charge in [0.25, 0.3) is 0 Å². The molecular weight excluding hydrogens is 394 g/mol. The highest BCUT2D eigenvalue weighted by atomic mass is 35.5. The van der Waals surface area contributed by atoms with Gasteiger partial charge in [-0.05, 0) is 32.8 Å². The third-order valence-electron chi connectivity index (χ3n) is 4.69. The molecule has 7 heteroatoms. The molecule has 0 aliphatic rings. The zero-order chi connectivity index (χ0) is 21.2. The number of hydrogen-bond acceptors (Lipinski definition) is 6. The molecule has 0 radical (unpaired) electrons. The molecule has 0 fully saturated rings. The van der Waals surface area contributed by atoms with Gasteiger partial charge in [-0.2, -0.15) is 0 Å². The smallest absolute Gasteiger partial charge is 0.495 e. The van der Waals surface area contributed by atoms with E-state index in [1.165, 1.54) is 19.3 Å². The van der Waals surface area contributed by atoms with Crippen LogP contribution in [0.2, 0.25) is 5.02 Å². The Hall–Kier alpha value is -2.21. The molecule has 2 rings (SSSR count). The molecule has 0 saturated carbocycles. The van der Waals surface area contributed by atoms with Crippen molar-refractivity contribution < 1.29 is 23.7 Å². The highest BCUT2D eigenvalue weighted by molar-refractivity contribution is 6.33. The summed E-state index contributed by atoms with van der Waals surface area (Å²) in [6, 6.07) is 3.57. The van der Waals surface area contributed by atoms with Crippen LogP contribution in [0.4, 0.5) is 4.79 Å². The number of fused-ring (bicyclic) bond motifs is 1. The van der Waals surface area contributed by atoms with Gasteiger partial charge in [0.1, 0.15) is 11.5 Å². The lowest BCUT2D eigenvalue weighted by Gasteiger charge is -2.17. The predicted molar refractivity (Wildman–Crippen MR) is 114 cm³/mol. The van der Waals surface area contributed by atoms with Crippen molar-refractivity contribution in [3.63, 3.8) is 0 Å². The van der Waals surface area contributed by atoms with Crippen LogP contribution in [0.3, 0.4) is 0 Å². The van der Waals surface area contributed by atoms with E-state index in [0.29, 0.717) is 22.0 Å². The number of pyridine rings is 1. The van der Waals surface area contributed by atoms with Gasteiger partial charge in [-0.1, -0.05) is 44.2 Å². The Morgan fingerprint density at radius 1 is 1.10 bits per heavy atom. The number of halogens is 1. The van der Waals surface area contributed by atoms with Crippen LogP contribution in [0.5, 0.6) is 11.5 Å². The largest absolute Gasteiger partial charge is 0.511 e. The van der Waals surface area contributed by atoms with Gasteiger partial charge in [0.15, 0.2) is 0 Å². The second-order valence-corrected chi connectivity index (χ2v) is 7.17. The van der Waals surface area contributed by atoms with Crippen molar-refractivity contribution in [2.75, 3.05) is 20.5 Å². The van der Waals surface area contributed by atoms with E-state index in [-0.39, 0.29) is 13.4 Å². The molecule has 0 amide bonds. The number of carbonyl (C=O) groups excluding carboxylic acids is 1. The summed E-state index contributed by atoms with van der Waals surface area (Å²) in [5.74, 6) is 1.18. The predicted octanol–water partition coefficient (Wildman–Crippen LogP) is 6.23. The second kappa shape index (κ2) is 11.7. The molecule has 0 aliphatic carbocycles. The first-order valence-electron chi connectivity index (χ1n) is 10.1. The van der Waals surface area contributed by atoms with Crippen molar-refractivity contribution in [2.45, 2.75) is 59.3 Å². The number of carbonyl (C=O) groups is 1. The molecule has 0 spiro atoms. The number of unbranched alkanes of at least 4 members (excludes halogenated alkanes) is 4. The Kier molecular flexibility index (Phi) is 9.32. The third-order valence-corrected chi connectivity index (χ3v) is 4.98. The van der Waals surface area contributed by atoms with Crippen LogP contribution >= 0.6 is 11.6 Å². The summed E-state index contributed by atoms with van der Waals surface area (Å²) in [7, 11) is 1.56. The summed E-state index contributed by atoms with van der Waals surface area (Å²) in [4.78, 5) is 16.2. The van der Waals surface area contributed by atoms with Gasteiger partial charge in [-0.15, -0.1) is 0 Å². The molecule has 1 heterocycles. The molecule has 0 aliphatic heterocycles. The molecule has 160 valence electrons. The van der Waals surface area contributed by atoms with Gasteiger partial charge in [0.2, 0.25) is 6.79 Å². The van der Waals surface area contributed by atoms with E-state index in [1.54, 1.807) is 26.2 Å². The van der Waals surface area contributed by atoms with Gasteiger partial charge in [0, 0.05) is 22.7 Å². The minimum absolute atomic E-state index is 0.245. The molecule has 0 bridgehead atoms. The lowest BCUT2D eigenvalue weighted by molar-refractivity contribution is 0.00704. The lowest BCUT2D eigenvalue weighted by Crippen LogP contribution is -2.13. The van der Waals surface area contributed by atoms with Crippen LogP contribution in [0.15, 0.2) is 12.1 Å². The molecule has 1 aromatic carbocycles. The first kappa shape index (κ1) is 23.1. The molecule has 6 nitrogen and oxygen atoms in total. The van der Waals surface area contributed by atoms with Crippen molar-refractivity contribution >= 4 is 28.7 Å². The van der Waals surface area contributed by atoms with Gasteiger partial charge < -0.3 is 18.9 Å². The van der Waals surface area contributed by atoms with E-state index < -0.39 is 6.16 Å². The van der Waals surface area contributed by atoms with Crippen molar-refractivity contribution in [1.82, 2.24) is 4.98 Å². The van der Waals surface area contributed by atoms with Crippen LogP contribution in [0.1, 0.15) is 57.2 Å². The first-order chi connectivity index (χ1) is 14.0. The number of nitrogens with zero attached hydrogens (tertiary/aromatic N) is 1. The number of hydrogen-bond donors (Lipinski definition) is 0. The summed E-state index contributed by atoms with van der Waals surface area (Å²) in [5, 5.41) is 1.23. The number of methoxy groups -OCH3 is 1. The zero-order valence-corrected chi connectivity index (χ0v) is 18.4. The maximum Gasteiger partial charge on any atom is 0.511 e. The van der Waals surface area contributed by atoms with Crippen LogP contribution < -0.4 is 9.47 Å². The van der Waals surface area contributed by atoms with Gasteiger partial charge in [0.05, 0.1) is 24.3 Å². The van der Waals surface area contributed by atoms with Gasteiger partial charge in [-0.25, -0.2) is 4.79 Å². The number of aryl methyl sites for hydroxylation is 1. The van der Waals surface area contributed by atoms with E-state index in [2.05, 4.69) is 6.92 Å². The van der Waals surface area contributed by atoms with Crippen LogP contribution in [0.25, 0.3) is 10.9 Å². The monoisotopic (exact) mass is 423 g/mol. The molecule has 0 atom stereocenters. The minimum atomic E-state index is -0.761. The molecule has 0 saturated heterocycles. The van der Waals surface area contributed by atoms with E-state index in [0.717, 1.165) is 35.9 Å². The number of rotatable bonds is 11. The van der Waals surface area contributed by atoms with E-state index >= 15 is 0 Å². The molecule has 2 aromatic rings. The van der Waals surface area contributed by atoms with Crippen molar-refractivity contribution in [3.05, 3.63) is 28.4 Å². The zero-order valence-electron chi connectivity index (χ0n) is 17.7. The summed E-state index contributed by atoms with van der Waals surface area (Å²) >= 11 is 6.34. The Bertz CT molecular complexity index is 825. The standard InChI is InChI=1S/C22H30ClNO5/c1-5-7-8-9-10-11-16-15(3)24-19-13-20(26-4)18(23)12-17(19)21(16)28-14-29-22(25)27-6-2/h12-13H,5-11,14H2,1-4H3. The SMILES string of the molecule is CCCCCCCc1c(C)nc2cc(OC)c(Cl)cc2c1OCOC(=O)OCC. The van der Waals surface area contributed by atoms with E-state index in [9.17, 15) is 4.79 Å². The summed E-state index contributed by atoms with van der Waals surface area (Å²) < 4.78 is 21.0. The summed E-state index contributed by atoms with van der Waals surface area (Å²) in [6.07, 6.45) is 5.90. The highest BCUT2D eigenvalue weighted by Crippen LogP contribution is 2.37. The quantitative estimate of drug-likeness (QED) is 0.242. The average molecular weight is 424 g/mol. The number of aromatic nitrogens is 1. The lowest BCUT2D eigenvalue weighted by atomic mass is 10.0. The molecule has 29 heavy (non-hydrogen) atoms. The minimum Gasteiger partial charge on any atom is -0.495 e. The van der Waals surface area contributed by atoms with Crippen LogP contribution in [0, 0.1) is 6.92 Å². The number of ether oxygens (including phenoxy) is 4. The molecule has 0 unspecified atom stereocenters. The van der Waals surface area contributed by atoms with Crippen LogP contribution in [-0.2, 0) is 15.9 Å². The van der Waals surface area contributed by atoms with Crippen molar-refractivity contribution in [3.8, 4) is 11.5 Å². The van der Waals surface area contributed by atoms with Crippen molar-refractivity contribution in [1.29, 1.82) is 0 Å². The Morgan fingerprint density at radius 2 is 1.86 bits per heavy atom. The van der Waals surface area contributed by atoms with E-state index in [1.807, 2.05) is 6.92 Å². The fourth-order valence-electron chi connectivity index (χ4n) is 3.21. The Balaban J connectivity index is 2.32. The maximum atomic E-state index is 11.5. The fraction of sp³-hybridized carbons (Fsp3) is 0.545. The first-order valence-corrected chi connectivity index (χ1v) is 10.5. The fourth-order valence-corrected chi connectivity index (χ4v) is 3.45.